The largest absolute Gasteiger partial charge is 0.360 e. The molecule has 0 radical (unpaired) electrons. The summed E-state index contributed by atoms with van der Waals surface area (Å²) in [7, 11) is 0. The van der Waals surface area contributed by atoms with Gasteiger partial charge in [-0.05, 0) is 55.3 Å². The number of aromatic nitrogens is 1. The van der Waals surface area contributed by atoms with E-state index in [1.807, 2.05) is 29.2 Å². The van der Waals surface area contributed by atoms with Crippen LogP contribution in [-0.4, -0.2) is 36.4 Å². The maximum absolute atomic E-state index is 12.9. The topological polar surface area (TPSA) is 74.3 Å². The number of carbonyl (C=O) groups is 2. The van der Waals surface area contributed by atoms with Crippen molar-refractivity contribution in [1.82, 2.24) is 15.6 Å². The van der Waals surface area contributed by atoms with E-state index in [4.69, 9.17) is 0 Å². The number of anilines is 1. The molecule has 7 heteroatoms. The van der Waals surface area contributed by atoms with Gasteiger partial charge in [0.25, 0.3) is 5.91 Å². The number of piperazine rings is 1. The molecule has 164 valence electrons. The van der Waals surface area contributed by atoms with Crippen molar-refractivity contribution >= 4 is 29.3 Å². The smallest absolute Gasteiger partial charge is 0.254 e. The predicted molar refractivity (Wildman–Crippen MR) is 127 cm³/mol. The SMILES string of the molecule is Cc1ccc(Sc2ncccc2C(=O)NCc2ccc(N3CCNC(=O)C3)cc2)c(C)c1. The molecule has 0 saturated carbocycles. The highest BCUT2D eigenvalue weighted by atomic mass is 32.2. The molecule has 1 fully saturated rings. The van der Waals surface area contributed by atoms with Gasteiger partial charge < -0.3 is 15.5 Å². The van der Waals surface area contributed by atoms with Crippen molar-refractivity contribution in [2.24, 2.45) is 0 Å². The van der Waals surface area contributed by atoms with E-state index in [1.165, 1.54) is 22.9 Å². The summed E-state index contributed by atoms with van der Waals surface area (Å²) in [6, 6.07) is 17.8. The zero-order valence-corrected chi connectivity index (χ0v) is 19.0. The van der Waals surface area contributed by atoms with E-state index in [2.05, 4.69) is 47.7 Å². The molecule has 3 aromatic rings. The number of aryl methyl sites for hydroxylation is 2. The molecule has 0 unspecified atom stereocenters. The van der Waals surface area contributed by atoms with Gasteiger partial charge in [0.1, 0.15) is 5.03 Å². The molecule has 2 N–H and O–H groups in total. The Morgan fingerprint density at radius 3 is 2.72 bits per heavy atom. The first-order valence-electron chi connectivity index (χ1n) is 10.6. The first-order chi connectivity index (χ1) is 15.5. The van der Waals surface area contributed by atoms with E-state index in [9.17, 15) is 9.59 Å². The number of benzene rings is 2. The highest BCUT2D eigenvalue weighted by Crippen LogP contribution is 2.31. The van der Waals surface area contributed by atoms with E-state index in [1.54, 1.807) is 18.3 Å². The van der Waals surface area contributed by atoms with Crippen LogP contribution in [0.2, 0.25) is 0 Å². The molecule has 2 aromatic carbocycles. The van der Waals surface area contributed by atoms with Crippen LogP contribution in [-0.2, 0) is 11.3 Å². The van der Waals surface area contributed by atoms with Crippen molar-refractivity contribution in [2.75, 3.05) is 24.5 Å². The van der Waals surface area contributed by atoms with Crippen LogP contribution in [0.25, 0.3) is 0 Å². The van der Waals surface area contributed by atoms with Gasteiger partial charge in [0.2, 0.25) is 5.91 Å². The van der Waals surface area contributed by atoms with Gasteiger partial charge in [0.15, 0.2) is 0 Å². The summed E-state index contributed by atoms with van der Waals surface area (Å²) >= 11 is 1.51. The highest BCUT2D eigenvalue weighted by Gasteiger charge is 2.17. The van der Waals surface area contributed by atoms with Gasteiger partial charge in [0.05, 0.1) is 12.1 Å². The first-order valence-corrected chi connectivity index (χ1v) is 11.4. The molecule has 0 bridgehead atoms. The lowest BCUT2D eigenvalue weighted by atomic mass is 10.1. The van der Waals surface area contributed by atoms with E-state index < -0.39 is 0 Å². The molecule has 0 spiro atoms. The third-order valence-electron chi connectivity index (χ3n) is 5.35. The average Bonchev–Trinajstić information content (AvgIpc) is 2.80. The Balaban J connectivity index is 1.40. The second-order valence-corrected chi connectivity index (χ2v) is 8.88. The molecule has 32 heavy (non-hydrogen) atoms. The maximum atomic E-state index is 12.9. The number of nitrogens with one attached hydrogen (secondary N) is 2. The maximum Gasteiger partial charge on any atom is 0.254 e. The van der Waals surface area contributed by atoms with Crippen LogP contribution in [0.5, 0.6) is 0 Å². The minimum Gasteiger partial charge on any atom is -0.360 e. The predicted octanol–water partition coefficient (Wildman–Crippen LogP) is 3.72. The summed E-state index contributed by atoms with van der Waals surface area (Å²) in [5.74, 6) is -0.110. The van der Waals surface area contributed by atoms with Gasteiger partial charge in [-0.2, -0.15) is 0 Å². The lowest BCUT2D eigenvalue weighted by Crippen LogP contribution is -2.47. The molecular formula is C25H26N4O2S. The number of hydrogen-bond donors (Lipinski definition) is 2. The van der Waals surface area contributed by atoms with Crippen molar-refractivity contribution < 1.29 is 9.59 Å². The molecule has 1 saturated heterocycles. The second-order valence-electron chi connectivity index (χ2n) is 7.85. The van der Waals surface area contributed by atoms with Gasteiger partial charge >= 0.3 is 0 Å². The van der Waals surface area contributed by atoms with E-state index in [-0.39, 0.29) is 11.8 Å². The molecular weight excluding hydrogens is 420 g/mol. The van der Waals surface area contributed by atoms with Crippen LogP contribution in [0.4, 0.5) is 5.69 Å². The number of carbonyl (C=O) groups excluding carboxylic acids is 2. The van der Waals surface area contributed by atoms with Crippen LogP contribution >= 0.6 is 11.8 Å². The van der Waals surface area contributed by atoms with Gasteiger partial charge in [-0.25, -0.2) is 4.98 Å². The average molecular weight is 447 g/mol. The molecule has 0 atom stereocenters. The van der Waals surface area contributed by atoms with Crippen LogP contribution < -0.4 is 15.5 Å². The van der Waals surface area contributed by atoms with Crippen LogP contribution in [0.3, 0.4) is 0 Å². The number of nitrogens with zero attached hydrogens (tertiary/aromatic N) is 2. The Hall–Kier alpha value is -3.32. The summed E-state index contributed by atoms with van der Waals surface area (Å²) in [6.45, 7) is 6.38. The Morgan fingerprint density at radius 2 is 1.97 bits per heavy atom. The minimum absolute atomic E-state index is 0.0403. The van der Waals surface area contributed by atoms with Gasteiger partial charge in [-0.1, -0.05) is 41.6 Å². The summed E-state index contributed by atoms with van der Waals surface area (Å²) in [4.78, 5) is 32.1. The van der Waals surface area contributed by atoms with E-state index in [0.717, 1.165) is 22.7 Å². The summed E-state index contributed by atoms with van der Waals surface area (Å²) in [5.41, 5.74) is 4.94. The lowest BCUT2D eigenvalue weighted by Gasteiger charge is -2.28. The number of pyridine rings is 1. The molecule has 6 nitrogen and oxygen atoms in total. The van der Waals surface area contributed by atoms with Crippen LogP contribution in [0.1, 0.15) is 27.0 Å². The Labute approximate surface area is 192 Å². The fourth-order valence-corrected chi connectivity index (χ4v) is 4.57. The summed E-state index contributed by atoms with van der Waals surface area (Å²) in [6.07, 6.45) is 1.71. The molecule has 2 heterocycles. The quantitative estimate of drug-likeness (QED) is 0.604. The van der Waals surface area contributed by atoms with Gasteiger partial charge in [0, 0.05) is 36.4 Å². The van der Waals surface area contributed by atoms with Crippen LogP contribution in [0.15, 0.2) is 70.7 Å². The third-order valence-corrected chi connectivity index (χ3v) is 6.54. The van der Waals surface area contributed by atoms with Crippen molar-refractivity contribution in [3.8, 4) is 0 Å². The zero-order valence-electron chi connectivity index (χ0n) is 18.2. The number of amides is 2. The van der Waals surface area contributed by atoms with Gasteiger partial charge in [-0.15, -0.1) is 0 Å². The fraction of sp³-hybridized carbons (Fsp3) is 0.240. The molecule has 1 aliphatic rings. The minimum atomic E-state index is -0.151. The molecule has 0 aliphatic carbocycles. The van der Waals surface area contributed by atoms with E-state index >= 15 is 0 Å². The van der Waals surface area contributed by atoms with E-state index in [0.29, 0.717) is 30.2 Å². The van der Waals surface area contributed by atoms with Crippen molar-refractivity contribution in [3.05, 3.63) is 83.0 Å². The molecule has 1 aromatic heterocycles. The third kappa shape index (κ3) is 5.29. The summed E-state index contributed by atoms with van der Waals surface area (Å²) in [5, 5.41) is 6.52. The zero-order chi connectivity index (χ0) is 22.5. The molecule has 2 amide bonds. The lowest BCUT2D eigenvalue weighted by molar-refractivity contribution is -0.120. The number of hydrogen-bond acceptors (Lipinski definition) is 5. The highest BCUT2D eigenvalue weighted by molar-refractivity contribution is 7.99. The monoisotopic (exact) mass is 446 g/mol. The van der Waals surface area contributed by atoms with Crippen molar-refractivity contribution in [2.45, 2.75) is 30.3 Å². The second kappa shape index (κ2) is 9.87. The normalized spacial score (nSPS) is 13.6. The fourth-order valence-electron chi connectivity index (χ4n) is 3.62. The first kappa shape index (κ1) is 21.9. The summed E-state index contributed by atoms with van der Waals surface area (Å²) < 4.78 is 0. The number of rotatable bonds is 6. The Morgan fingerprint density at radius 1 is 1.16 bits per heavy atom. The van der Waals surface area contributed by atoms with Crippen LogP contribution in [0, 0.1) is 13.8 Å². The Bertz CT molecular complexity index is 1130. The molecule has 1 aliphatic heterocycles. The Kier molecular flexibility index (Phi) is 6.75. The van der Waals surface area contributed by atoms with Gasteiger partial charge in [-0.3, -0.25) is 9.59 Å². The van der Waals surface area contributed by atoms with Crippen molar-refractivity contribution in [3.63, 3.8) is 0 Å². The standard InChI is InChI=1S/C25H26N4O2S/c1-17-5-10-22(18(2)14-17)32-25-21(4-3-11-27-25)24(31)28-15-19-6-8-20(9-7-19)29-13-12-26-23(30)16-29/h3-11,14H,12-13,15-16H2,1-2H3,(H,26,30)(H,28,31). The molecule has 4 rings (SSSR count). The van der Waals surface area contributed by atoms with Crippen molar-refractivity contribution in [1.29, 1.82) is 0 Å².